The minimum atomic E-state index is -0.493. The molecule has 1 aromatic carbocycles. The number of carbonyl (C=O) groups is 1. The molecule has 1 saturated carbocycles. The summed E-state index contributed by atoms with van der Waals surface area (Å²) in [6.07, 6.45) is 5.16. The van der Waals surface area contributed by atoms with Gasteiger partial charge in [0, 0.05) is 31.2 Å². The molecule has 158 valence electrons. The average Bonchev–Trinajstić information content (AvgIpc) is 3.32. The Bertz CT molecular complexity index is 1110. The van der Waals surface area contributed by atoms with Crippen LogP contribution in [0.2, 0.25) is 0 Å². The first-order chi connectivity index (χ1) is 15.1. The quantitative estimate of drug-likeness (QED) is 0.684. The van der Waals surface area contributed by atoms with Crippen LogP contribution in [0.3, 0.4) is 0 Å². The summed E-state index contributed by atoms with van der Waals surface area (Å²) in [6, 6.07) is 14.2. The Morgan fingerprint density at radius 1 is 1.06 bits per heavy atom. The summed E-state index contributed by atoms with van der Waals surface area (Å²) in [5.74, 6) is 0.277. The van der Waals surface area contributed by atoms with Crippen LogP contribution in [-0.2, 0) is 13.1 Å². The Morgan fingerprint density at radius 2 is 1.87 bits per heavy atom. The molecule has 1 fully saturated rings. The fraction of sp³-hybridized carbons (Fsp3) is 0.320. The highest BCUT2D eigenvalue weighted by Gasteiger charge is 2.34. The number of hydrogen-bond acceptors (Lipinski definition) is 5. The molecule has 1 aliphatic heterocycles. The second-order valence-electron chi connectivity index (χ2n) is 8.35. The fourth-order valence-corrected chi connectivity index (χ4v) is 4.43. The summed E-state index contributed by atoms with van der Waals surface area (Å²) < 4.78 is 5.96. The van der Waals surface area contributed by atoms with E-state index < -0.39 is 6.10 Å². The number of aryl methyl sites for hydroxylation is 1. The predicted molar refractivity (Wildman–Crippen MR) is 116 cm³/mol. The van der Waals surface area contributed by atoms with Gasteiger partial charge in [0.15, 0.2) is 0 Å². The highest BCUT2D eigenvalue weighted by atomic mass is 16.5. The van der Waals surface area contributed by atoms with Gasteiger partial charge in [-0.1, -0.05) is 24.3 Å². The summed E-state index contributed by atoms with van der Waals surface area (Å²) in [5.41, 5.74) is 5.76. The number of aliphatic hydroxyl groups excluding tert-OH is 1. The molecule has 31 heavy (non-hydrogen) atoms. The van der Waals surface area contributed by atoms with E-state index in [9.17, 15) is 9.90 Å². The highest BCUT2D eigenvalue weighted by molar-refractivity contribution is 6.00. The van der Waals surface area contributed by atoms with Crippen LogP contribution in [0.1, 0.15) is 46.4 Å². The summed E-state index contributed by atoms with van der Waals surface area (Å²) in [5, 5.41) is 10.1. The van der Waals surface area contributed by atoms with Gasteiger partial charge in [-0.25, -0.2) is 4.98 Å². The number of nitrogens with zero attached hydrogens (tertiary/aromatic N) is 3. The third kappa shape index (κ3) is 3.91. The number of hydrogen-bond donors (Lipinski definition) is 1. The lowest BCUT2D eigenvalue weighted by atomic mass is 10.0. The van der Waals surface area contributed by atoms with Gasteiger partial charge < -0.3 is 14.7 Å². The van der Waals surface area contributed by atoms with Gasteiger partial charge >= 0.3 is 0 Å². The molecule has 2 aromatic heterocycles. The van der Waals surface area contributed by atoms with Crippen molar-refractivity contribution in [3.05, 3.63) is 77.2 Å². The second kappa shape index (κ2) is 8.12. The summed E-state index contributed by atoms with van der Waals surface area (Å²) in [4.78, 5) is 23.5. The molecule has 3 aromatic rings. The van der Waals surface area contributed by atoms with Crippen LogP contribution >= 0.6 is 0 Å². The standard InChI is InChI=1S/C25H25N3O3/c1-16-13-19(9-11-26-16)18-7-5-17(6-8-18)14-28-15-20-10-12-27-24(23(20)25(28)30)31-22-4-2-3-21(22)29/h5-13,21-22,29H,2-4,14-15H2,1H3. The first-order valence-electron chi connectivity index (χ1n) is 10.7. The molecule has 0 saturated heterocycles. The monoisotopic (exact) mass is 415 g/mol. The SMILES string of the molecule is Cc1cc(-c2ccc(CN3Cc4ccnc(OC5CCCC5O)c4C3=O)cc2)ccn1. The molecule has 1 amide bonds. The van der Waals surface area contributed by atoms with E-state index in [1.54, 1.807) is 6.20 Å². The first-order valence-corrected chi connectivity index (χ1v) is 10.7. The molecule has 0 spiro atoms. The van der Waals surface area contributed by atoms with Crippen molar-refractivity contribution in [3.8, 4) is 17.0 Å². The number of aliphatic hydroxyl groups is 1. The lowest BCUT2D eigenvalue weighted by Crippen LogP contribution is -2.27. The van der Waals surface area contributed by atoms with Crippen LogP contribution in [0.4, 0.5) is 0 Å². The third-order valence-electron chi connectivity index (χ3n) is 6.10. The molecule has 1 N–H and O–H groups in total. The predicted octanol–water partition coefficient (Wildman–Crippen LogP) is 3.90. The first kappa shape index (κ1) is 19.7. The fourth-order valence-electron chi connectivity index (χ4n) is 4.43. The third-order valence-corrected chi connectivity index (χ3v) is 6.10. The van der Waals surface area contributed by atoms with E-state index in [0.29, 0.717) is 24.5 Å². The molecule has 0 radical (unpaired) electrons. The van der Waals surface area contributed by atoms with E-state index in [2.05, 4.69) is 40.3 Å². The van der Waals surface area contributed by atoms with Crippen LogP contribution in [0.25, 0.3) is 11.1 Å². The number of carbonyl (C=O) groups excluding carboxylic acids is 1. The summed E-state index contributed by atoms with van der Waals surface area (Å²) in [7, 11) is 0. The molecule has 0 bridgehead atoms. The largest absolute Gasteiger partial charge is 0.471 e. The topological polar surface area (TPSA) is 75.6 Å². The van der Waals surface area contributed by atoms with Gasteiger partial charge in [0.05, 0.1) is 6.10 Å². The van der Waals surface area contributed by atoms with Crippen molar-refractivity contribution < 1.29 is 14.6 Å². The number of pyridine rings is 2. The minimum absolute atomic E-state index is 0.0700. The molecule has 3 heterocycles. The van der Waals surface area contributed by atoms with E-state index in [1.807, 2.05) is 30.2 Å². The maximum Gasteiger partial charge on any atom is 0.260 e. The van der Waals surface area contributed by atoms with E-state index in [1.165, 1.54) is 0 Å². The van der Waals surface area contributed by atoms with E-state index in [4.69, 9.17) is 4.74 Å². The molecule has 2 atom stereocenters. The Kier molecular flexibility index (Phi) is 5.16. The van der Waals surface area contributed by atoms with Crippen LogP contribution < -0.4 is 4.74 Å². The molecular weight excluding hydrogens is 390 g/mol. The lowest BCUT2D eigenvalue weighted by molar-refractivity contribution is 0.0553. The minimum Gasteiger partial charge on any atom is -0.471 e. The number of aromatic nitrogens is 2. The Hall–Kier alpha value is -3.25. The second-order valence-corrected chi connectivity index (χ2v) is 8.35. The maximum atomic E-state index is 13.1. The average molecular weight is 415 g/mol. The Labute approximate surface area is 181 Å². The zero-order valence-corrected chi connectivity index (χ0v) is 17.5. The van der Waals surface area contributed by atoms with Crippen molar-refractivity contribution >= 4 is 5.91 Å². The molecule has 2 aliphatic rings. The molecule has 2 unspecified atom stereocenters. The zero-order valence-electron chi connectivity index (χ0n) is 17.5. The van der Waals surface area contributed by atoms with Gasteiger partial charge in [-0.05, 0) is 66.6 Å². The van der Waals surface area contributed by atoms with Crippen LogP contribution in [0.15, 0.2) is 54.9 Å². The Morgan fingerprint density at radius 3 is 2.61 bits per heavy atom. The summed E-state index contributed by atoms with van der Waals surface area (Å²) in [6.45, 7) is 3.04. The molecular formula is C25H25N3O3. The van der Waals surface area contributed by atoms with Gasteiger partial charge in [0.25, 0.3) is 5.91 Å². The van der Waals surface area contributed by atoms with Crippen molar-refractivity contribution in [2.45, 2.75) is 51.5 Å². The normalized spacial score (nSPS) is 20.2. The van der Waals surface area contributed by atoms with Crippen LogP contribution in [0, 0.1) is 6.92 Å². The molecule has 1 aliphatic carbocycles. The van der Waals surface area contributed by atoms with Crippen molar-refractivity contribution in [1.82, 2.24) is 14.9 Å². The van der Waals surface area contributed by atoms with E-state index >= 15 is 0 Å². The number of ether oxygens (including phenoxy) is 1. The zero-order chi connectivity index (χ0) is 21.4. The van der Waals surface area contributed by atoms with E-state index in [-0.39, 0.29) is 12.0 Å². The maximum absolute atomic E-state index is 13.1. The van der Waals surface area contributed by atoms with Crippen molar-refractivity contribution in [2.75, 3.05) is 0 Å². The molecule has 5 rings (SSSR count). The molecule has 6 heteroatoms. The van der Waals surface area contributed by atoms with Crippen LogP contribution in [-0.4, -0.2) is 38.1 Å². The number of fused-ring (bicyclic) bond motifs is 1. The Balaban J connectivity index is 1.31. The van der Waals surface area contributed by atoms with Crippen molar-refractivity contribution in [2.24, 2.45) is 0 Å². The highest BCUT2D eigenvalue weighted by Crippen LogP contribution is 2.33. The number of amides is 1. The van der Waals surface area contributed by atoms with Gasteiger partial charge in [0.1, 0.15) is 11.7 Å². The smallest absolute Gasteiger partial charge is 0.260 e. The van der Waals surface area contributed by atoms with Gasteiger partial charge in [0.2, 0.25) is 5.88 Å². The van der Waals surface area contributed by atoms with Crippen LogP contribution in [0.5, 0.6) is 5.88 Å². The summed E-state index contributed by atoms with van der Waals surface area (Å²) >= 11 is 0. The number of rotatable bonds is 5. The number of benzene rings is 1. The van der Waals surface area contributed by atoms with Gasteiger partial charge in [-0.2, -0.15) is 0 Å². The lowest BCUT2D eigenvalue weighted by Gasteiger charge is -2.18. The van der Waals surface area contributed by atoms with E-state index in [0.717, 1.165) is 47.2 Å². The van der Waals surface area contributed by atoms with Crippen molar-refractivity contribution in [3.63, 3.8) is 0 Å². The molecule has 6 nitrogen and oxygen atoms in total. The van der Waals surface area contributed by atoms with Gasteiger partial charge in [-0.15, -0.1) is 0 Å². The van der Waals surface area contributed by atoms with Gasteiger partial charge in [-0.3, -0.25) is 9.78 Å². The van der Waals surface area contributed by atoms with Crippen molar-refractivity contribution in [1.29, 1.82) is 0 Å².